The average molecular weight is 445 g/mol. The number of rotatable bonds is 5. The summed E-state index contributed by atoms with van der Waals surface area (Å²) >= 11 is 11.6. The Bertz CT molecular complexity index is 1080. The maximum absolute atomic E-state index is 13.2. The van der Waals surface area contributed by atoms with Crippen molar-refractivity contribution in [1.29, 1.82) is 0 Å². The van der Waals surface area contributed by atoms with Crippen molar-refractivity contribution < 1.29 is 19.1 Å². The summed E-state index contributed by atoms with van der Waals surface area (Å²) in [5.74, 6) is -0.278. The number of carbonyl (C=O) groups excluding carboxylic acids is 2. The number of hydrogen-bond acceptors (Lipinski definition) is 5. The third-order valence-corrected chi connectivity index (χ3v) is 5.12. The lowest BCUT2D eigenvalue weighted by Gasteiger charge is -2.30. The molecule has 8 heteroatoms. The highest BCUT2D eigenvalue weighted by Crippen LogP contribution is 2.37. The van der Waals surface area contributed by atoms with Crippen LogP contribution in [0, 0.1) is 13.8 Å². The fourth-order valence-corrected chi connectivity index (χ4v) is 3.66. The molecule has 0 atom stereocenters. The van der Waals surface area contributed by atoms with E-state index in [1.54, 1.807) is 12.1 Å². The Morgan fingerprint density at radius 3 is 2.60 bits per heavy atom. The fraction of sp³-hybridized carbons (Fsp3) is 0.227. The molecule has 3 rings (SSSR count). The summed E-state index contributed by atoms with van der Waals surface area (Å²) in [7, 11) is 1.49. The van der Waals surface area contributed by atoms with E-state index in [9.17, 15) is 9.59 Å². The molecule has 0 radical (unpaired) electrons. The maximum atomic E-state index is 13.2. The number of carbonyl (C=O) groups is 2. The van der Waals surface area contributed by atoms with Gasteiger partial charge in [-0.05, 0) is 74.0 Å². The zero-order valence-corrected chi connectivity index (χ0v) is 18.6. The van der Waals surface area contributed by atoms with E-state index in [1.807, 2.05) is 39.0 Å². The van der Waals surface area contributed by atoms with Crippen LogP contribution in [0.2, 0.25) is 5.02 Å². The molecule has 2 aromatic carbocycles. The van der Waals surface area contributed by atoms with Crippen LogP contribution >= 0.6 is 23.8 Å². The SMILES string of the molecule is CCOc1c(Cl)cc(/C=C2\C(=O)NC(=S)N(c3cc(C)ccc3C)C2=O)cc1OC. The molecule has 1 N–H and O–H groups in total. The molecule has 1 aliphatic rings. The van der Waals surface area contributed by atoms with Crippen LogP contribution in [-0.4, -0.2) is 30.6 Å². The summed E-state index contributed by atoms with van der Waals surface area (Å²) in [5.41, 5.74) is 2.91. The second-order valence-corrected chi connectivity index (χ2v) is 7.51. The number of anilines is 1. The third-order valence-electron chi connectivity index (χ3n) is 4.56. The van der Waals surface area contributed by atoms with Gasteiger partial charge in [-0.3, -0.25) is 19.8 Å². The quantitative estimate of drug-likeness (QED) is 0.425. The average Bonchev–Trinajstić information content (AvgIpc) is 2.69. The van der Waals surface area contributed by atoms with Crippen molar-refractivity contribution in [3.05, 3.63) is 57.6 Å². The van der Waals surface area contributed by atoms with Crippen LogP contribution < -0.4 is 19.7 Å². The molecule has 0 aromatic heterocycles. The smallest absolute Gasteiger partial charge is 0.270 e. The van der Waals surface area contributed by atoms with Gasteiger partial charge in [0.2, 0.25) is 0 Å². The highest BCUT2D eigenvalue weighted by atomic mass is 35.5. The Kier molecular flexibility index (Phi) is 6.43. The molecule has 1 saturated heterocycles. The molecule has 2 amide bonds. The number of thiocarbonyl (C=S) groups is 1. The van der Waals surface area contributed by atoms with Gasteiger partial charge in [0.15, 0.2) is 16.6 Å². The predicted octanol–water partition coefficient (Wildman–Crippen LogP) is 4.20. The van der Waals surface area contributed by atoms with Crippen LogP contribution in [0.25, 0.3) is 6.08 Å². The van der Waals surface area contributed by atoms with Gasteiger partial charge in [-0.15, -0.1) is 0 Å². The molecule has 0 bridgehead atoms. The number of nitrogens with one attached hydrogen (secondary N) is 1. The van der Waals surface area contributed by atoms with Crippen LogP contribution in [0.4, 0.5) is 5.69 Å². The van der Waals surface area contributed by atoms with Gasteiger partial charge in [0.05, 0.1) is 24.4 Å². The Hall–Kier alpha value is -2.90. The first-order valence-electron chi connectivity index (χ1n) is 9.25. The van der Waals surface area contributed by atoms with Crippen LogP contribution in [-0.2, 0) is 9.59 Å². The van der Waals surface area contributed by atoms with Crippen LogP contribution in [0.15, 0.2) is 35.9 Å². The van der Waals surface area contributed by atoms with Crippen LogP contribution in [0.3, 0.4) is 0 Å². The van der Waals surface area contributed by atoms with Crippen molar-refractivity contribution >= 4 is 52.5 Å². The Balaban J connectivity index is 2.07. The molecule has 6 nitrogen and oxygen atoms in total. The number of ether oxygens (including phenoxy) is 2. The van der Waals surface area contributed by atoms with Crippen LogP contribution in [0.1, 0.15) is 23.6 Å². The van der Waals surface area contributed by atoms with Crippen molar-refractivity contribution in [2.75, 3.05) is 18.6 Å². The summed E-state index contributed by atoms with van der Waals surface area (Å²) in [4.78, 5) is 27.1. The van der Waals surface area contributed by atoms with Gasteiger partial charge in [-0.1, -0.05) is 23.7 Å². The number of amides is 2. The van der Waals surface area contributed by atoms with Crippen molar-refractivity contribution in [2.24, 2.45) is 0 Å². The minimum atomic E-state index is -0.574. The normalized spacial score (nSPS) is 15.4. The number of halogens is 1. The largest absolute Gasteiger partial charge is 0.493 e. The standard InChI is InChI=1S/C22H21ClN2O4S/c1-5-29-19-16(23)10-14(11-18(19)28-4)9-15-20(26)24-22(30)25(21(15)27)17-8-12(2)6-7-13(17)3/h6-11H,5H2,1-4H3,(H,24,26,30)/b15-9+. The summed E-state index contributed by atoms with van der Waals surface area (Å²) in [6, 6.07) is 8.96. The van der Waals surface area contributed by atoms with E-state index >= 15 is 0 Å². The lowest BCUT2D eigenvalue weighted by Crippen LogP contribution is -2.54. The van der Waals surface area contributed by atoms with Gasteiger partial charge < -0.3 is 9.47 Å². The Morgan fingerprint density at radius 1 is 1.20 bits per heavy atom. The summed E-state index contributed by atoms with van der Waals surface area (Å²) < 4.78 is 10.9. The molecule has 0 spiro atoms. The Morgan fingerprint density at radius 2 is 1.93 bits per heavy atom. The van der Waals surface area contributed by atoms with Gasteiger partial charge in [0.1, 0.15) is 5.57 Å². The van der Waals surface area contributed by atoms with Gasteiger partial charge in [-0.25, -0.2) is 0 Å². The molecule has 0 unspecified atom stereocenters. The number of benzene rings is 2. The summed E-state index contributed by atoms with van der Waals surface area (Å²) in [6.45, 7) is 6.05. The first-order valence-corrected chi connectivity index (χ1v) is 10.0. The van der Waals surface area contributed by atoms with E-state index in [4.69, 9.17) is 33.3 Å². The molecule has 30 heavy (non-hydrogen) atoms. The number of aryl methyl sites for hydroxylation is 2. The zero-order valence-electron chi connectivity index (χ0n) is 17.0. The van der Waals surface area contributed by atoms with Crippen molar-refractivity contribution in [3.8, 4) is 11.5 Å². The van der Waals surface area contributed by atoms with E-state index in [-0.39, 0.29) is 10.7 Å². The van der Waals surface area contributed by atoms with Crippen molar-refractivity contribution in [2.45, 2.75) is 20.8 Å². The van der Waals surface area contributed by atoms with E-state index in [1.165, 1.54) is 18.1 Å². The maximum Gasteiger partial charge on any atom is 0.270 e. The third kappa shape index (κ3) is 4.17. The second-order valence-electron chi connectivity index (χ2n) is 6.71. The van der Waals surface area contributed by atoms with Gasteiger partial charge >= 0.3 is 0 Å². The minimum Gasteiger partial charge on any atom is -0.493 e. The van der Waals surface area contributed by atoms with Gasteiger partial charge in [0.25, 0.3) is 11.8 Å². The van der Waals surface area contributed by atoms with E-state index in [0.29, 0.717) is 34.4 Å². The molecular formula is C22H21ClN2O4S. The molecule has 0 aliphatic carbocycles. The minimum absolute atomic E-state index is 0.0400. The molecule has 0 saturated carbocycles. The lowest BCUT2D eigenvalue weighted by atomic mass is 10.0. The molecule has 2 aromatic rings. The monoisotopic (exact) mass is 444 g/mol. The highest BCUT2D eigenvalue weighted by Gasteiger charge is 2.35. The van der Waals surface area contributed by atoms with Crippen molar-refractivity contribution in [3.63, 3.8) is 0 Å². The number of hydrogen-bond donors (Lipinski definition) is 1. The van der Waals surface area contributed by atoms with E-state index in [2.05, 4.69) is 5.32 Å². The summed E-state index contributed by atoms with van der Waals surface area (Å²) in [5, 5.41) is 2.94. The lowest BCUT2D eigenvalue weighted by molar-refractivity contribution is -0.122. The fourth-order valence-electron chi connectivity index (χ4n) is 3.11. The topological polar surface area (TPSA) is 67.9 Å². The molecule has 156 valence electrons. The number of nitrogens with zero attached hydrogens (tertiary/aromatic N) is 1. The first-order chi connectivity index (χ1) is 14.3. The van der Waals surface area contributed by atoms with Gasteiger partial charge in [-0.2, -0.15) is 0 Å². The van der Waals surface area contributed by atoms with Gasteiger partial charge in [0, 0.05) is 0 Å². The Labute approximate surface area is 185 Å². The first kappa shape index (κ1) is 21.8. The summed E-state index contributed by atoms with van der Waals surface area (Å²) in [6.07, 6.45) is 1.46. The molecule has 1 aliphatic heterocycles. The highest BCUT2D eigenvalue weighted by molar-refractivity contribution is 7.80. The zero-order chi connectivity index (χ0) is 22.0. The predicted molar refractivity (Wildman–Crippen MR) is 121 cm³/mol. The molecule has 1 heterocycles. The number of methoxy groups -OCH3 is 1. The van der Waals surface area contributed by atoms with E-state index < -0.39 is 11.8 Å². The molecule has 1 fully saturated rings. The second kappa shape index (κ2) is 8.85. The molecular weight excluding hydrogens is 424 g/mol. The van der Waals surface area contributed by atoms with E-state index in [0.717, 1.165) is 11.1 Å². The van der Waals surface area contributed by atoms with Crippen LogP contribution in [0.5, 0.6) is 11.5 Å². The van der Waals surface area contributed by atoms with Crippen molar-refractivity contribution in [1.82, 2.24) is 5.32 Å².